The highest BCUT2D eigenvalue weighted by molar-refractivity contribution is 5.78. The summed E-state index contributed by atoms with van der Waals surface area (Å²) in [4.78, 5) is 12.9. The minimum absolute atomic E-state index is 0.466. The van der Waals surface area contributed by atoms with E-state index in [1.54, 1.807) is 6.20 Å². The van der Waals surface area contributed by atoms with Gasteiger partial charge in [-0.25, -0.2) is 15.0 Å². The summed E-state index contributed by atoms with van der Waals surface area (Å²) in [6.45, 7) is 0. The molecule has 1 aliphatic rings. The Morgan fingerprint density at radius 2 is 2.10 bits per heavy atom. The molecule has 1 saturated carbocycles. The normalized spacial score (nSPS) is 15.9. The van der Waals surface area contributed by atoms with E-state index in [-0.39, 0.29) is 0 Å². The Kier molecular flexibility index (Phi) is 2.15. The van der Waals surface area contributed by atoms with Gasteiger partial charge in [-0.3, -0.25) is 0 Å². The van der Waals surface area contributed by atoms with Gasteiger partial charge in [-0.05, 0) is 31.0 Å². The first kappa shape index (κ1) is 11.1. The monoisotopic (exact) mass is 262 g/mol. The van der Waals surface area contributed by atoms with Crippen LogP contribution in [0, 0.1) is 11.3 Å². The molecule has 1 aliphatic carbocycles. The average molecular weight is 262 g/mol. The molecule has 0 unspecified atom stereocenters. The van der Waals surface area contributed by atoms with Gasteiger partial charge in [-0.1, -0.05) is 6.07 Å². The van der Waals surface area contributed by atoms with E-state index in [1.165, 1.54) is 6.39 Å². The summed E-state index contributed by atoms with van der Waals surface area (Å²) in [5.74, 6) is 0.621. The molecule has 5 nitrogen and oxygen atoms in total. The number of aromatic nitrogens is 3. The number of nitrogens with zero attached hydrogens (tertiary/aromatic N) is 4. The average Bonchev–Trinajstić information content (AvgIpc) is 3.17. The van der Waals surface area contributed by atoms with E-state index >= 15 is 0 Å². The largest absolute Gasteiger partial charge is 0.443 e. The van der Waals surface area contributed by atoms with E-state index in [4.69, 9.17) is 4.42 Å². The second-order valence-corrected chi connectivity index (χ2v) is 4.99. The Balaban J connectivity index is 1.82. The number of oxazole rings is 1. The van der Waals surface area contributed by atoms with Crippen molar-refractivity contribution in [3.63, 3.8) is 0 Å². The van der Waals surface area contributed by atoms with Crippen LogP contribution in [0.2, 0.25) is 0 Å². The topological polar surface area (TPSA) is 75.6 Å². The van der Waals surface area contributed by atoms with Gasteiger partial charge in [0.2, 0.25) is 0 Å². The van der Waals surface area contributed by atoms with Crippen molar-refractivity contribution in [2.75, 3.05) is 0 Å². The first-order chi connectivity index (χ1) is 9.81. The van der Waals surface area contributed by atoms with Crippen molar-refractivity contribution in [1.82, 2.24) is 15.0 Å². The highest BCUT2D eigenvalue weighted by Crippen LogP contribution is 2.46. The molecule has 1 aromatic carbocycles. The molecule has 0 N–H and O–H groups in total. The molecule has 96 valence electrons. The third kappa shape index (κ3) is 1.58. The highest BCUT2D eigenvalue weighted by Gasteiger charge is 2.47. The van der Waals surface area contributed by atoms with Crippen LogP contribution >= 0.6 is 0 Å². The minimum atomic E-state index is -0.466. The summed E-state index contributed by atoms with van der Waals surface area (Å²) < 4.78 is 5.30. The lowest BCUT2D eigenvalue weighted by Gasteiger charge is -2.06. The van der Waals surface area contributed by atoms with Crippen molar-refractivity contribution < 1.29 is 4.42 Å². The van der Waals surface area contributed by atoms with Gasteiger partial charge in [0.1, 0.15) is 16.8 Å². The fraction of sp³-hybridized carbons (Fsp3) is 0.200. The third-order valence-electron chi connectivity index (χ3n) is 3.67. The van der Waals surface area contributed by atoms with Crippen LogP contribution in [0.3, 0.4) is 0 Å². The minimum Gasteiger partial charge on any atom is -0.443 e. The molecule has 5 heteroatoms. The van der Waals surface area contributed by atoms with Gasteiger partial charge in [0.15, 0.2) is 12.0 Å². The Morgan fingerprint density at radius 1 is 1.20 bits per heavy atom. The van der Waals surface area contributed by atoms with E-state index in [0.29, 0.717) is 5.82 Å². The maximum absolute atomic E-state index is 9.23. The number of hydrogen-bond acceptors (Lipinski definition) is 5. The van der Waals surface area contributed by atoms with Gasteiger partial charge in [-0.2, -0.15) is 5.26 Å². The van der Waals surface area contributed by atoms with E-state index in [1.807, 2.05) is 24.3 Å². The molecule has 20 heavy (non-hydrogen) atoms. The van der Waals surface area contributed by atoms with Crippen LogP contribution in [0.25, 0.3) is 22.4 Å². The number of nitriles is 1. The van der Waals surface area contributed by atoms with Crippen molar-refractivity contribution in [1.29, 1.82) is 5.26 Å². The molecule has 1 fully saturated rings. The van der Waals surface area contributed by atoms with Crippen LogP contribution in [0.15, 0.2) is 41.3 Å². The molecule has 0 bridgehead atoms. The molecule has 0 amide bonds. The molecule has 2 aromatic heterocycles. The quantitative estimate of drug-likeness (QED) is 0.709. The summed E-state index contributed by atoms with van der Waals surface area (Å²) in [6, 6.07) is 9.91. The first-order valence-electron chi connectivity index (χ1n) is 6.39. The van der Waals surface area contributed by atoms with E-state index in [9.17, 15) is 5.26 Å². The molecule has 0 saturated heterocycles. The van der Waals surface area contributed by atoms with Crippen molar-refractivity contribution in [3.8, 4) is 17.3 Å². The second kappa shape index (κ2) is 3.87. The lowest BCUT2D eigenvalue weighted by Crippen LogP contribution is -2.08. The van der Waals surface area contributed by atoms with E-state index < -0.39 is 5.41 Å². The maximum atomic E-state index is 9.23. The summed E-state index contributed by atoms with van der Waals surface area (Å²) in [6.07, 6.45) is 4.82. The lowest BCUT2D eigenvalue weighted by molar-refractivity contribution is 0.602. The zero-order valence-corrected chi connectivity index (χ0v) is 10.6. The Hall–Kier alpha value is -2.74. The van der Waals surface area contributed by atoms with Crippen LogP contribution in [0.4, 0.5) is 0 Å². The molecule has 0 atom stereocenters. The summed E-state index contributed by atoms with van der Waals surface area (Å²) in [7, 11) is 0. The molecule has 3 aromatic rings. The molecule has 0 aliphatic heterocycles. The van der Waals surface area contributed by atoms with Gasteiger partial charge in [-0.15, -0.1) is 0 Å². The molecule has 0 radical (unpaired) electrons. The Bertz CT molecular complexity index is 842. The predicted octanol–water partition coefficient (Wildman–Crippen LogP) is 2.84. The van der Waals surface area contributed by atoms with Crippen molar-refractivity contribution in [2.45, 2.75) is 18.3 Å². The van der Waals surface area contributed by atoms with Gasteiger partial charge >= 0.3 is 0 Å². The SMILES string of the molecule is N#CC1(c2nccc(-c3ccc4ncoc4c3)n2)CC1. The molecular weight excluding hydrogens is 252 g/mol. The van der Waals surface area contributed by atoms with E-state index in [2.05, 4.69) is 21.0 Å². The van der Waals surface area contributed by atoms with Crippen LogP contribution < -0.4 is 0 Å². The summed E-state index contributed by atoms with van der Waals surface area (Å²) in [5, 5.41) is 9.23. The van der Waals surface area contributed by atoms with Crippen LogP contribution in [-0.2, 0) is 5.41 Å². The number of hydrogen-bond donors (Lipinski definition) is 0. The van der Waals surface area contributed by atoms with Gasteiger partial charge in [0.25, 0.3) is 0 Å². The van der Waals surface area contributed by atoms with Crippen molar-refractivity contribution >= 4 is 11.1 Å². The van der Waals surface area contributed by atoms with Crippen LogP contribution in [-0.4, -0.2) is 15.0 Å². The fourth-order valence-electron chi connectivity index (χ4n) is 2.27. The Labute approximate surface area is 114 Å². The third-order valence-corrected chi connectivity index (χ3v) is 3.67. The molecule has 2 heterocycles. The van der Waals surface area contributed by atoms with Gasteiger partial charge < -0.3 is 4.42 Å². The lowest BCUT2D eigenvalue weighted by atomic mass is 10.1. The molecule has 0 spiro atoms. The second-order valence-electron chi connectivity index (χ2n) is 4.99. The maximum Gasteiger partial charge on any atom is 0.181 e. The van der Waals surface area contributed by atoms with Crippen molar-refractivity contribution in [2.24, 2.45) is 0 Å². The van der Waals surface area contributed by atoms with Crippen LogP contribution in [0.1, 0.15) is 18.7 Å². The smallest absolute Gasteiger partial charge is 0.181 e. The van der Waals surface area contributed by atoms with E-state index in [0.717, 1.165) is 35.2 Å². The van der Waals surface area contributed by atoms with Crippen LogP contribution in [0.5, 0.6) is 0 Å². The van der Waals surface area contributed by atoms with Gasteiger partial charge in [0.05, 0.1) is 11.8 Å². The first-order valence-corrected chi connectivity index (χ1v) is 6.39. The van der Waals surface area contributed by atoms with Crippen molar-refractivity contribution in [3.05, 3.63) is 42.7 Å². The summed E-state index contributed by atoms with van der Waals surface area (Å²) >= 11 is 0. The predicted molar refractivity (Wildman–Crippen MR) is 71.6 cm³/mol. The van der Waals surface area contributed by atoms with Gasteiger partial charge in [0, 0.05) is 11.8 Å². The zero-order valence-electron chi connectivity index (χ0n) is 10.6. The Morgan fingerprint density at radius 3 is 2.90 bits per heavy atom. The zero-order chi connectivity index (χ0) is 13.6. The fourth-order valence-corrected chi connectivity index (χ4v) is 2.27. The summed E-state index contributed by atoms with van der Waals surface area (Å²) in [5.41, 5.74) is 2.82. The standard InChI is InChI=1S/C15H10N4O/c16-8-15(4-5-15)14-17-6-3-11(19-14)10-1-2-12-13(7-10)20-9-18-12/h1-3,6-7,9H,4-5H2. The number of fused-ring (bicyclic) bond motifs is 1. The highest BCUT2D eigenvalue weighted by atomic mass is 16.3. The molecular formula is C15H10N4O. The number of rotatable bonds is 2. The number of benzene rings is 1. The molecule has 4 rings (SSSR count).